The molecule has 2 spiro atoms. The SMILES string of the molecule is COc1ccc(CO[C@@H]2[C@H]3OC4(CCCCC4)O[C@H]3O[C@@H]2C2COC3(CCCCC3)O2)cc1. The van der Waals surface area contributed by atoms with Gasteiger partial charge in [-0.2, -0.15) is 0 Å². The monoisotopic (exact) mass is 460 g/mol. The van der Waals surface area contributed by atoms with Gasteiger partial charge < -0.3 is 33.2 Å². The maximum absolute atomic E-state index is 6.59. The molecule has 6 rings (SSSR count). The summed E-state index contributed by atoms with van der Waals surface area (Å²) < 4.78 is 44.0. The zero-order valence-electron chi connectivity index (χ0n) is 19.5. The topological polar surface area (TPSA) is 64.6 Å². The van der Waals surface area contributed by atoms with Gasteiger partial charge in [-0.05, 0) is 43.4 Å². The third-order valence-corrected chi connectivity index (χ3v) is 7.96. The number of hydrogen-bond donors (Lipinski definition) is 0. The summed E-state index contributed by atoms with van der Waals surface area (Å²) in [6.45, 7) is 0.991. The Labute approximate surface area is 195 Å². The molecule has 182 valence electrons. The first-order valence-electron chi connectivity index (χ1n) is 12.8. The van der Waals surface area contributed by atoms with Crippen molar-refractivity contribution in [3.8, 4) is 5.75 Å². The van der Waals surface area contributed by atoms with Crippen molar-refractivity contribution in [2.45, 2.75) is 113 Å². The highest BCUT2D eigenvalue weighted by molar-refractivity contribution is 5.26. The molecule has 1 unspecified atom stereocenters. The van der Waals surface area contributed by atoms with Crippen LogP contribution in [0.25, 0.3) is 0 Å². The summed E-state index contributed by atoms with van der Waals surface area (Å²) in [4.78, 5) is 0. The van der Waals surface area contributed by atoms with Crippen LogP contribution < -0.4 is 4.74 Å². The quantitative estimate of drug-likeness (QED) is 0.643. The molecular weight excluding hydrogens is 424 g/mol. The molecule has 2 saturated carbocycles. The van der Waals surface area contributed by atoms with Gasteiger partial charge in [0.25, 0.3) is 0 Å². The minimum atomic E-state index is -0.516. The van der Waals surface area contributed by atoms with Gasteiger partial charge in [0, 0.05) is 25.7 Å². The van der Waals surface area contributed by atoms with Crippen molar-refractivity contribution in [1.29, 1.82) is 0 Å². The fourth-order valence-corrected chi connectivity index (χ4v) is 6.18. The highest BCUT2D eigenvalue weighted by Crippen LogP contribution is 2.48. The lowest BCUT2D eigenvalue weighted by molar-refractivity contribution is -0.263. The average Bonchev–Trinajstić information content (AvgIpc) is 3.50. The Morgan fingerprint density at radius 2 is 1.52 bits per heavy atom. The van der Waals surface area contributed by atoms with Crippen LogP contribution in [0.15, 0.2) is 24.3 Å². The van der Waals surface area contributed by atoms with Crippen LogP contribution in [0.5, 0.6) is 5.75 Å². The van der Waals surface area contributed by atoms with Crippen molar-refractivity contribution in [2.24, 2.45) is 0 Å². The van der Waals surface area contributed by atoms with E-state index in [1.807, 2.05) is 24.3 Å². The normalized spacial score (nSPS) is 36.9. The van der Waals surface area contributed by atoms with Gasteiger partial charge in [0.2, 0.25) is 0 Å². The van der Waals surface area contributed by atoms with Crippen LogP contribution in [0.3, 0.4) is 0 Å². The Kier molecular flexibility index (Phi) is 6.14. The first-order chi connectivity index (χ1) is 16.2. The molecular formula is C26H36O7. The molecule has 7 nitrogen and oxygen atoms in total. The number of hydrogen-bond acceptors (Lipinski definition) is 7. The lowest BCUT2D eigenvalue weighted by Gasteiger charge is -2.35. The van der Waals surface area contributed by atoms with E-state index in [1.165, 1.54) is 12.8 Å². The molecule has 7 heteroatoms. The van der Waals surface area contributed by atoms with E-state index in [4.69, 9.17) is 33.2 Å². The Hall–Kier alpha value is -1.22. The molecule has 0 amide bonds. The van der Waals surface area contributed by atoms with Crippen molar-refractivity contribution in [1.82, 2.24) is 0 Å². The summed E-state index contributed by atoms with van der Waals surface area (Å²) in [6, 6.07) is 7.97. The zero-order valence-corrected chi connectivity index (χ0v) is 19.5. The first kappa shape index (κ1) is 22.3. The van der Waals surface area contributed by atoms with Gasteiger partial charge in [-0.1, -0.05) is 25.0 Å². The maximum atomic E-state index is 6.59. The second kappa shape index (κ2) is 9.10. The second-order valence-electron chi connectivity index (χ2n) is 10.2. The van der Waals surface area contributed by atoms with Gasteiger partial charge in [0.1, 0.15) is 30.2 Å². The van der Waals surface area contributed by atoms with E-state index < -0.39 is 17.9 Å². The zero-order chi connectivity index (χ0) is 22.3. The van der Waals surface area contributed by atoms with Crippen LogP contribution in [0.4, 0.5) is 0 Å². The van der Waals surface area contributed by atoms with Crippen LogP contribution >= 0.6 is 0 Å². The third-order valence-electron chi connectivity index (χ3n) is 7.96. The standard InChI is InChI=1S/C26H36O7/c1-27-19-10-8-18(9-11-19)16-28-22-21(20-17-29-25(31-20)12-4-2-5-13-25)30-24-23(22)32-26(33-24)14-6-3-7-15-26/h8-11,20-24H,2-7,12-17H2,1H3/t20?,21-,22+,23-,24-/m1/s1. The number of methoxy groups -OCH3 is 1. The number of benzene rings is 1. The molecule has 3 heterocycles. The van der Waals surface area contributed by atoms with Crippen molar-refractivity contribution in [3.63, 3.8) is 0 Å². The summed E-state index contributed by atoms with van der Waals surface area (Å²) in [5.74, 6) is -0.128. The highest BCUT2D eigenvalue weighted by Gasteiger charge is 2.61. The molecule has 5 atom stereocenters. The smallest absolute Gasteiger partial charge is 0.190 e. The summed E-state index contributed by atoms with van der Waals surface area (Å²) in [7, 11) is 1.67. The van der Waals surface area contributed by atoms with Crippen LogP contribution in [0, 0.1) is 0 Å². The van der Waals surface area contributed by atoms with Crippen molar-refractivity contribution in [2.75, 3.05) is 13.7 Å². The Morgan fingerprint density at radius 1 is 0.818 bits per heavy atom. The number of ether oxygens (including phenoxy) is 7. The fourth-order valence-electron chi connectivity index (χ4n) is 6.18. The van der Waals surface area contributed by atoms with Crippen molar-refractivity contribution in [3.05, 3.63) is 29.8 Å². The summed E-state index contributed by atoms with van der Waals surface area (Å²) in [5.41, 5.74) is 1.08. The van der Waals surface area contributed by atoms with E-state index in [2.05, 4.69) is 0 Å². The van der Waals surface area contributed by atoms with Gasteiger partial charge in [-0.25, -0.2) is 0 Å². The summed E-state index contributed by atoms with van der Waals surface area (Å²) in [5, 5.41) is 0. The minimum Gasteiger partial charge on any atom is -0.497 e. The third kappa shape index (κ3) is 4.32. The van der Waals surface area contributed by atoms with E-state index in [-0.39, 0.29) is 24.4 Å². The first-order valence-corrected chi connectivity index (χ1v) is 12.8. The summed E-state index contributed by atoms with van der Waals surface area (Å²) in [6.07, 6.45) is 9.40. The van der Waals surface area contributed by atoms with Gasteiger partial charge in [-0.15, -0.1) is 0 Å². The minimum absolute atomic E-state index is 0.177. The Balaban J connectivity index is 1.18. The maximum Gasteiger partial charge on any atom is 0.190 e. The predicted molar refractivity (Wildman–Crippen MR) is 119 cm³/mol. The molecule has 0 bridgehead atoms. The second-order valence-corrected chi connectivity index (χ2v) is 10.2. The van der Waals surface area contributed by atoms with Gasteiger partial charge in [0.05, 0.1) is 20.3 Å². The van der Waals surface area contributed by atoms with E-state index >= 15 is 0 Å². The van der Waals surface area contributed by atoms with E-state index in [0.29, 0.717) is 13.2 Å². The van der Waals surface area contributed by atoms with Crippen molar-refractivity contribution < 1.29 is 33.2 Å². The van der Waals surface area contributed by atoms with E-state index in [1.54, 1.807) is 7.11 Å². The van der Waals surface area contributed by atoms with Gasteiger partial charge in [-0.3, -0.25) is 0 Å². The molecule has 0 aromatic heterocycles. The molecule has 0 N–H and O–H groups in total. The van der Waals surface area contributed by atoms with Gasteiger partial charge in [0.15, 0.2) is 17.9 Å². The largest absolute Gasteiger partial charge is 0.497 e. The lowest BCUT2D eigenvalue weighted by atomic mass is 9.94. The highest BCUT2D eigenvalue weighted by atomic mass is 16.9. The average molecular weight is 461 g/mol. The van der Waals surface area contributed by atoms with Crippen LogP contribution in [0.2, 0.25) is 0 Å². The Bertz CT molecular complexity index is 799. The molecule has 5 fully saturated rings. The Morgan fingerprint density at radius 3 is 2.21 bits per heavy atom. The number of fused-ring (bicyclic) bond motifs is 1. The van der Waals surface area contributed by atoms with E-state index in [9.17, 15) is 0 Å². The molecule has 1 aromatic rings. The molecule has 3 aliphatic heterocycles. The molecule has 33 heavy (non-hydrogen) atoms. The predicted octanol–water partition coefficient (Wildman–Crippen LogP) is 4.46. The fraction of sp³-hybridized carbons (Fsp3) is 0.769. The van der Waals surface area contributed by atoms with Crippen LogP contribution in [-0.4, -0.2) is 56.0 Å². The van der Waals surface area contributed by atoms with Crippen LogP contribution in [-0.2, 0) is 35.0 Å². The van der Waals surface area contributed by atoms with E-state index in [0.717, 1.165) is 62.7 Å². The number of rotatable bonds is 5. The molecule has 0 radical (unpaired) electrons. The summed E-state index contributed by atoms with van der Waals surface area (Å²) >= 11 is 0. The lowest BCUT2D eigenvalue weighted by Crippen LogP contribution is -2.45. The van der Waals surface area contributed by atoms with Crippen LogP contribution in [0.1, 0.15) is 69.8 Å². The molecule has 5 aliphatic rings. The molecule has 1 aromatic carbocycles. The molecule has 3 saturated heterocycles. The molecule has 2 aliphatic carbocycles. The van der Waals surface area contributed by atoms with Gasteiger partial charge >= 0.3 is 0 Å². The van der Waals surface area contributed by atoms with Crippen molar-refractivity contribution >= 4 is 0 Å².